The quantitative estimate of drug-likeness (QED) is 0.894. The van der Waals surface area contributed by atoms with Gasteiger partial charge in [-0.15, -0.1) is 0 Å². The van der Waals surface area contributed by atoms with Gasteiger partial charge in [0.2, 0.25) is 0 Å². The van der Waals surface area contributed by atoms with Crippen molar-refractivity contribution in [1.29, 1.82) is 0 Å². The van der Waals surface area contributed by atoms with Crippen LogP contribution in [0.15, 0.2) is 16.8 Å². The van der Waals surface area contributed by atoms with Gasteiger partial charge in [0, 0.05) is 13.1 Å². The Bertz CT molecular complexity index is 574. The maximum Gasteiger partial charge on any atom is 0.271 e. The summed E-state index contributed by atoms with van der Waals surface area (Å²) in [6.07, 6.45) is 0.811. The second kappa shape index (κ2) is 5.44. The number of nitrogens with two attached hydrogens (primary N) is 1. The van der Waals surface area contributed by atoms with Crippen LogP contribution in [0.3, 0.4) is 0 Å². The van der Waals surface area contributed by atoms with Crippen LogP contribution < -0.4 is 11.1 Å². The first-order chi connectivity index (χ1) is 8.99. The van der Waals surface area contributed by atoms with Gasteiger partial charge in [-0.2, -0.15) is 16.4 Å². The summed E-state index contributed by atoms with van der Waals surface area (Å²) in [4.78, 5) is 12.2. The second-order valence-electron chi connectivity index (χ2n) is 4.68. The highest BCUT2D eigenvalue weighted by atomic mass is 32.1. The molecule has 2 aromatic rings. The third-order valence-corrected chi connectivity index (χ3v) is 3.72. The van der Waals surface area contributed by atoms with E-state index in [0.29, 0.717) is 17.1 Å². The molecule has 0 bridgehead atoms. The third kappa shape index (κ3) is 2.96. The smallest absolute Gasteiger partial charge is 0.271 e. The van der Waals surface area contributed by atoms with Crippen LogP contribution in [0.1, 0.15) is 28.7 Å². The largest absolute Gasteiger partial charge is 0.395 e. The van der Waals surface area contributed by atoms with Gasteiger partial charge < -0.3 is 11.1 Å². The second-order valence-corrected chi connectivity index (χ2v) is 5.46. The maximum absolute atomic E-state index is 12.2. The van der Waals surface area contributed by atoms with Crippen molar-refractivity contribution in [2.45, 2.75) is 26.3 Å². The fraction of sp³-hybridized carbons (Fsp3) is 0.385. The number of hydrogen-bond donors (Lipinski definition) is 2. The number of carbonyl (C=O) groups excluding carboxylic acids is 1. The summed E-state index contributed by atoms with van der Waals surface area (Å²) in [5.74, 6) is -0.177. The van der Waals surface area contributed by atoms with Crippen molar-refractivity contribution in [2.24, 2.45) is 7.05 Å². The van der Waals surface area contributed by atoms with E-state index in [0.717, 1.165) is 6.42 Å². The molecule has 102 valence electrons. The first-order valence-electron chi connectivity index (χ1n) is 6.10. The standard InChI is InChI=1S/C13H18N4OS/c1-8(6-10-4-5-19-7-10)15-13(18)12-11(14)9(2)16-17(12)3/h4-5,7-8H,6,14H2,1-3H3,(H,15,18). The van der Waals surface area contributed by atoms with Crippen molar-refractivity contribution in [3.63, 3.8) is 0 Å². The van der Waals surface area contributed by atoms with Gasteiger partial charge in [0.15, 0.2) is 0 Å². The molecule has 2 rings (SSSR count). The Morgan fingerprint density at radius 2 is 2.37 bits per heavy atom. The molecule has 2 aromatic heterocycles. The molecule has 3 N–H and O–H groups in total. The monoisotopic (exact) mass is 278 g/mol. The Hall–Kier alpha value is -1.82. The number of rotatable bonds is 4. The highest BCUT2D eigenvalue weighted by Gasteiger charge is 2.19. The van der Waals surface area contributed by atoms with Gasteiger partial charge in [-0.1, -0.05) is 0 Å². The van der Waals surface area contributed by atoms with Crippen molar-refractivity contribution in [3.8, 4) is 0 Å². The topological polar surface area (TPSA) is 72.9 Å². The Balaban J connectivity index is 2.04. The van der Waals surface area contributed by atoms with E-state index >= 15 is 0 Å². The number of amides is 1. The van der Waals surface area contributed by atoms with E-state index in [4.69, 9.17) is 5.73 Å². The summed E-state index contributed by atoms with van der Waals surface area (Å²) < 4.78 is 1.53. The van der Waals surface area contributed by atoms with E-state index in [1.165, 1.54) is 10.2 Å². The van der Waals surface area contributed by atoms with Gasteiger partial charge in [-0.3, -0.25) is 9.48 Å². The average molecular weight is 278 g/mol. The summed E-state index contributed by atoms with van der Waals surface area (Å²) in [6, 6.07) is 2.12. The fourth-order valence-electron chi connectivity index (χ4n) is 2.05. The van der Waals surface area contributed by atoms with E-state index < -0.39 is 0 Å². The number of hydrogen-bond acceptors (Lipinski definition) is 4. The van der Waals surface area contributed by atoms with Crippen molar-refractivity contribution in [1.82, 2.24) is 15.1 Å². The van der Waals surface area contributed by atoms with E-state index in [1.54, 1.807) is 25.3 Å². The van der Waals surface area contributed by atoms with Crippen LogP contribution in [-0.4, -0.2) is 21.7 Å². The van der Waals surface area contributed by atoms with Crippen LogP contribution in [0.4, 0.5) is 5.69 Å². The van der Waals surface area contributed by atoms with Crippen LogP contribution in [0.2, 0.25) is 0 Å². The molecule has 19 heavy (non-hydrogen) atoms. The number of thiophene rings is 1. The molecule has 0 aliphatic heterocycles. The number of nitrogen functional groups attached to an aromatic ring is 1. The summed E-state index contributed by atoms with van der Waals surface area (Å²) in [7, 11) is 1.72. The highest BCUT2D eigenvalue weighted by Crippen LogP contribution is 2.15. The minimum Gasteiger partial charge on any atom is -0.395 e. The lowest BCUT2D eigenvalue weighted by molar-refractivity contribution is 0.0931. The van der Waals surface area contributed by atoms with E-state index in [1.807, 2.05) is 12.3 Å². The van der Waals surface area contributed by atoms with Crippen LogP contribution in [0.25, 0.3) is 0 Å². The molecule has 0 saturated heterocycles. The summed E-state index contributed by atoms with van der Waals surface area (Å²) in [5.41, 5.74) is 8.65. The maximum atomic E-state index is 12.2. The van der Waals surface area contributed by atoms with Crippen LogP contribution >= 0.6 is 11.3 Å². The van der Waals surface area contributed by atoms with Crippen LogP contribution in [0, 0.1) is 6.92 Å². The van der Waals surface area contributed by atoms with Crippen LogP contribution in [0.5, 0.6) is 0 Å². The van der Waals surface area contributed by atoms with Gasteiger partial charge in [0.1, 0.15) is 5.69 Å². The zero-order valence-electron chi connectivity index (χ0n) is 11.3. The Morgan fingerprint density at radius 1 is 1.63 bits per heavy atom. The van der Waals surface area contributed by atoms with Gasteiger partial charge in [-0.25, -0.2) is 0 Å². The molecule has 0 radical (unpaired) electrons. The normalized spacial score (nSPS) is 12.4. The molecule has 1 unspecified atom stereocenters. The predicted molar refractivity (Wildman–Crippen MR) is 77.3 cm³/mol. The number of nitrogens with zero attached hydrogens (tertiary/aromatic N) is 2. The molecule has 1 amide bonds. The van der Waals surface area contributed by atoms with Gasteiger partial charge >= 0.3 is 0 Å². The zero-order chi connectivity index (χ0) is 14.0. The molecule has 2 heterocycles. The number of nitrogens with one attached hydrogen (secondary N) is 1. The zero-order valence-corrected chi connectivity index (χ0v) is 12.1. The molecule has 1 atom stereocenters. The molecular weight excluding hydrogens is 260 g/mol. The molecule has 0 aliphatic carbocycles. The minimum absolute atomic E-state index is 0.0525. The van der Waals surface area contributed by atoms with Crippen molar-refractivity contribution in [3.05, 3.63) is 33.8 Å². The summed E-state index contributed by atoms with van der Waals surface area (Å²) >= 11 is 1.66. The molecule has 0 fully saturated rings. The van der Waals surface area contributed by atoms with E-state index in [9.17, 15) is 4.79 Å². The lowest BCUT2D eigenvalue weighted by atomic mass is 10.1. The van der Waals surface area contributed by atoms with Gasteiger partial charge in [-0.05, 0) is 42.7 Å². The lowest BCUT2D eigenvalue weighted by Crippen LogP contribution is -2.35. The Labute approximate surface area is 116 Å². The Morgan fingerprint density at radius 3 is 2.89 bits per heavy atom. The SMILES string of the molecule is Cc1nn(C)c(C(=O)NC(C)Cc2ccsc2)c1N. The Kier molecular flexibility index (Phi) is 3.90. The summed E-state index contributed by atoms with van der Waals surface area (Å²) in [6.45, 7) is 3.77. The number of aryl methyl sites for hydroxylation is 2. The predicted octanol–water partition coefficient (Wildman–Crippen LogP) is 1.73. The van der Waals surface area contributed by atoms with Crippen LogP contribution in [-0.2, 0) is 13.5 Å². The minimum atomic E-state index is -0.177. The van der Waals surface area contributed by atoms with E-state index in [-0.39, 0.29) is 11.9 Å². The average Bonchev–Trinajstić information content (AvgIpc) is 2.88. The van der Waals surface area contributed by atoms with Crippen molar-refractivity contribution < 1.29 is 4.79 Å². The molecule has 0 saturated carbocycles. The number of aromatic nitrogens is 2. The van der Waals surface area contributed by atoms with Crippen molar-refractivity contribution >= 4 is 22.9 Å². The molecule has 0 spiro atoms. The number of carbonyl (C=O) groups is 1. The van der Waals surface area contributed by atoms with Gasteiger partial charge in [0.05, 0.1) is 11.4 Å². The lowest BCUT2D eigenvalue weighted by Gasteiger charge is -2.13. The highest BCUT2D eigenvalue weighted by molar-refractivity contribution is 7.07. The van der Waals surface area contributed by atoms with Gasteiger partial charge in [0.25, 0.3) is 5.91 Å². The molecular formula is C13H18N4OS. The first-order valence-corrected chi connectivity index (χ1v) is 7.04. The fourth-order valence-corrected chi connectivity index (χ4v) is 2.73. The number of anilines is 1. The molecule has 0 aliphatic rings. The van der Waals surface area contributed by atoms with Crippen molar-refractivity contribution in [2.75, 3.05) is 5.73 Å². The summed E-state index contributed by atoms with van der Waals surface area (Å²) in [5, 5.41) is 11.2. The first kappa shape index (κ1) is 13.6. The third-order valence-electron chi connectivity index (χ3n) is 2.98. The van der Waals surface area contributed by atoms with E-state index in [2.05, 4.69) is 21.9 Å². The molecule has 6 heteroatoms. The molecule has 5 nitrogen and oxygen atoms in total. The molecule has 0 aromatic carbocycles.